The van der Waals surface area contributed by atoms with Gasteiger partial charge in [0.1, 0.15) is 5.82 Å². The van der Waals surface area contributed by atoms with E-state index < -0.39 is 5.41 Å². The summed E-state index contributed by atoms with van der Waals surface area (Å²) < 4.78 is 14.0. The molecule has 1 aliphatic carbocycles. The third-order valence-corrected chi connectivity index (χ3v) is 6.52. The number of nitrogens with zero attached hydrogens (tertiary/aromatic N) is 1. The fourth-order valence-corrected chi connectivity index (χ4v) is 4.31. The molecule has 0 aliphatic heterocycles. The number of halogens is 1. The van der Waals surface area contributed by atoms with Crippen LogP contribution in [-0.4, -0.2) is 17.6 Å². The summed E-state index contributed by atoms with van der Waals surface area (Å²) in [5, 5.41) is -0.0340. The van der Waals surface area contributed by atoms with Gasteiger partial charge in [0.05, 0.1) is 5.69 Å². The van der Waals surface area contributed by atoms with Crippen molar-refractivity contribution in [3.63, 3.8) is 0 Å². The van der Waals surface area contributed by atoms with E-state index in [9.17, 15) is 14.0 Å². The van der Waals surface area contributed by atoms with Gasteiger partial charge in [-0.1, -0.05) is 53.9 Å². The zero-order valence-electron chi connectivity index (χ0n) is 17.9. The van der Waals surface area contributed by atoms with Gasteiger partial charge in [0.2, 0.25) is 5.91 Å². The maximum atomic E-state index is 14.0. The standard InChI is InChI=1S/C23H34FNO2S/c1-16(2)13-14-25(21(26)17-9-7-6-8-10-17)19-12-11-18(24)15-20(19)28-22(27)23(3,4)5/h11-12,15-17H,6-10,13-14H2,1-5H3. The van der Waals surface area contributed by atoms with Crippen LogP contribution >= 0.6 is 11.8 Å². The first-order valence-corrected chi connectivity index (χ1v) is 11.2. The predicted octanol–water partition coefficient (Wildman–Crippen LogP) is 6.45. The molecule has 156 valence electrons. The first-order valence-electron chi connectivity index (χ1n) is 10.4. The molecule has 0 aromatic heterocycles. The van der Waals surface area contributed by atoms with Crippen LogP contribution in [0.15, 0.2) is 23.1 Å². The van der Waals surface area contributed by atoms with Crippen LogP contribution in [0.1, 0.15) is 73.1 Å². The summed E-state index contributed by atoms with van der Waals surface area (Å²) in [6, 6.07) is 4.44. The fourth-order valence-electron chi connectivity index (χ4n) is 3.35. The van der Waals surface area contributed by atoms with E-state index in [1.54, 1.807) is 6.07 Å². The van der Waals surface area contributed by atoms with Crippen molar-refractivity contribution in [1.29, 1.82) is 0 Å². The molecule has 0 radical (unpaired) electrons. The highest BCUT2D eigenvalue weighted by molar-refractivity contribution is 8.13. The van der Waals surface area contributed by atoms with E-state index in [-0.39, 0.29) is 22.8 Å². The van der Waals surface area contributed by atoms with Crippen molar-refractivity contribution in [3.8, 4) is 0 Å². The smallest absolute Gasteiger partial charge is 0.230 e. The summed E-state index contributed by atoms with van der Waals surface area (Å²) in [5.41, 5.74) is 0.130. The van der Waals surface area contributed by atoms with Crippen LogP contribution in [0, 0.1) is 23.1 Å². The highest BCUT2D eigenvalue weighted by Crippen LogP contribution is 2.38. The van der Waals surface area contributed by atoms with Crippen LogP contribution in [0.2, 0.25) is 0 Å². The minimum absolute atomic E-state index is 0.0298. The summed E-state index contributed by atoms with van der Waals surface area (Å²) in [7, 11) is 0. The van der Waals surface area contributed by atoms with Gasteiger partial charge in [-0.05, 0) is 55.1 Å². The van der Waals surface area contributed by atoms with E-state index >= 15 is 0 Å². The molecule has 1 aromatic rings. The van der Waals surface area contributed by atoms with Gasteiger partial charge in [-0.3, -0.25) is 9.59 Å². The number of carbonyl (C=O) groups is 2. The van der Waals surface area contributed by atoms with Gasteiger partial charge in [-0.25, -0.2) is 4.39 Å². The summed E-state index contributed by atoms with van der Waals surface area (Å²) >= 11 is 1.05. The molecule has 28 heavy (non-hydrogen) atoms. The molecule has 0 atom stereocenters. The van der Waals surface area contributed by atoms with E-state index in [0.29, 0.717) is 23.0 Å². The van der Waals surface area contributed by atoms with Crippen molar-refractivity contribution >= 4 is 28.5 Å². The highest BCUT2D eigenvalue weighted by Gasteiger charge is 2.30. The Bertz CT molecular complexity index is 690. The molecule has 5 heteroatoms. The first-order chi connectivity index (χ1) is 13.1. The quantitative estimate of drug-likeness (QED) is 0.509. The Kier molecular flexibility index (Phi) is 8.11. The van der Waals surface area contributed by atoms with Crippen molar-refractivity contribution < 1.29 is 14.0 Å². The number of rotatable bonds is 6. The van der Waals surface area contributed by atoms with Crippen molar-refractivity contribution in [2.24, 2.45) is 17.3 Å². The molecule has 0 bridgehead atoms. The van der Waals surface area contributed by atoms with Crippen molar-refractivity contribution in [2.45, 2.75) is 78.0 Å². The number of thioether (sulfide) groups is 1. The summed E-state index contributed by atoms with van der Waals surface area (Å²) in [4.78, 5) is 28.3. The van der Waals surface area contributed by atoms with E-state index in [4.69, 9.17) is 0 Å². The first kappa shape index (κ1) is 22.9. The molecule has 2 rings (SSSR count). The summed E-state index contributed by atoms with van der Waals surface area (Å²) in [5.74, 6) is 0.218. The summed E-state index contributed by atoms with van der Waals surface area (Å²) in [6.45, 7) is 10.4. The van der Waals surface area contributed by atoms with Crippen LogP contribution in [0.3, 0.4) is 0 Å². The second-order valence-electron chi connectivity index (χ2n) is 9.26. The molecule has 0 saturated heterocycles. The van der Waals surface area contributed by atoms with Crippen LogP contribution in [0.5, 0.6) is 0 Å². The molecule has 1 fully saturated rings. The third kappa shape index (κ3) is 6.33. The average molecular weight is 408 g/mol. The summed E-state index contributed by atoms with van der Waals surface area (Å²) in [6.07, 6.45) is 6.06. The SMILES string of the molecule is CC(C)CCN(C(=O)C1CCCCC1)c1ccc(F)cc1SC(=O)C(C)(C)C. The Morgan fingerprint density at radius 1 is 1.18 bits per heavy atom. The third-order valence-electron chi connectivity index (χ3n) is 5.18. The number of hydrogen-bond acceptors (Lipinski definition) is 3. The van der Waals surface area contributed by atoms with E-state index in [0.717, 1.165) is 43.9 Å². The molecule has 1 amide bonds. The zero-order chi connectivity index (χ0) is 20.9. The molecular formula is C23H34FNO2S. The van der Waals surface area contributed by atoms with Gasteiger partial charge >= 0.3 is 0 Å². The topological polar surface area (TPSA) is 37.4 Å². The van der Waals surface area contributed by atoms with Crippen LogP contribution in [0.25, 0.3) is 0 Å². The Hall–Kier alpha value is -1.36. The Labute approximate surface area is 173 Å². The lowest BCUT2D eigenvalue weighted by atomic mass is 9.88. The number of benzene rings is 1. The molecule has 0 N–H and O–H groups in total. The normalized spacial score (nSPS) is 15.7. The largest absolute Gasteiger partial charge is 0.311 e. The van der Waals surface area contributed by atoms with Gasteiger partial charge in [-0.15, -0.1) is 0 Å². The molecular weight excluding hydrogens is 373 g/mol. The Morgan fingerprint density at radius 3 is 2.39 bits per heavy atom. The molecule has 0 heterocycles. The number of amides is 1. The molecule has 1 saturated carbocycles. The van der Waals surface area contributed by atoms with Crippen LogP contribution < -0.4 is 4.90 Å². The van der Waals surface area contributed by atoms with Crippen LogP contribution in [0.4, 0.5) is 10.1 Å². The van der Waals surface area contributed by atoms with Gasteiger partial charge in [0.25, 0.3) is 0 Å². The second kappa shape index (κ2) is 9.91. The molecule has 1 aliphatic rings. The minimum Gasteiger partial charge on any atom is -0.311 e. The van der Waals surface area contributed by atoms with Gasteiger partial charge in [0.15, 0.2) is 5.12 Å². The molecule has 0 spiro atoms. The number of anilines is 1. The lowest BCUT2D eigenvalue weighted by molar-refractivity contribution is -0.123. The predicted molar refractivity (Wildman–Crippen MR) is 115 cm³/mol. The Morgan fingerprint density at radius 2 is 1.82 bits per heavy atom. The maximum absolute atomic E-state index is 14.0. The van der Waals surface area contributed by atoms with Crippen LogP contribution in [-0.2, 0) is 9.59 Å². The number of hydrogen-bond donors (Lipinski definition) is 0. The Balaban J connectivity index is 2.37. The highest BCUT2D eigenvalue weighted by atomic mass is 32.2. The number of carbonyl (C=O) groups excluding carboxylic acids is 2. The van der Waals surface area contributed by atoms with E-state index in [2.05, 4.69) is 13.8 Å². The van der Waals surface area contributed by atoms with Crippen molar-refractivity contribution in [2.75, 3.05) is 11.4 Å². The monoisotopic (exact) mass is 407 g/mol. The minimum atomic E-state index is -0.537. The zero-order valence-corrected chi connectivity index (χ0v) is 18.7. The van der Waals surface area contributed by atoms with E-state index in [1.165, 1.54) is 18.6 Å². The van der Waals surface area contributed by atoms with Gasteiger partial charge in [-0.2, -0.15) is 0 Å². The molecule has 1 aromatic carbocycles. The lowest BCUT2D eigenvalue weighted by Gasteiger charge is -2.31. The van der Waals surface area contributed by atoms with Gasteiger partial charge in [0, 0.05) is 22.8 Å². The fraction of sp³-hybridized carbons (Fsp3) is 0.652. The molecule has 3 nitrogen and oxygen atoms in total. The van der Waals surface area contributed by atoms with Gasteiger partial charge < -0.3 is 4.90 Å². The lowest BCUT2D eigenvalue weighted by Crippen LogP contribution is -2.38. The average Bonchev–Trinajstić information content (AvgIpc) is 2.62. The maximum Gasteiger partial charge on any atom is 0.230 e. The van der Waals surface area contributed by atoms with Crippen molar-refractivity contribution in [1.82, 2.24) is 0 Å². The molecule has 0 unspecified atom stereocenters. The second-order valence-corrected chi connectivity index (χ2v) is 10.3. The van der Waals surface area contributed by atoms with E-state index in [1.807, 2.05) is 25.7 Å². The van der Waals surface area contributed by atoms with Crippen molar-refractivity contribution in [3.05, 3.63) is 24.0 Å².